The Kier molecular flexibility index (Phi) is 4.14. The summed E-state index contributed by atoms with van der Waals surface area (Å²) in [4.78, 5) is 27.2. The van der Waals surface area contributed by atoms with Crippen molar-refractivity contribution in [1.29, 1.82) is 0 Å². The third-order valence-corrected chi connectivity index (χ3v) is 3.14. The van der Waals surface area contributed by atoms with Crippen LogP contribution in [0.3, 0.4) is 0 Å². The van der Waals surface area contributed by atoms with Crippen molar-refractivity contribution in [3.8, 4) is 0 Å². The monoisotopic (exact) mass is 334 g/mol. The van der Waals surface area contributed by atoms with Gasteiger partial charge in [-0.05, 0) is 40.5 Å². The minimum atomic E-state index is -1.08. The number of nitrogens with zero attached hydrogens (tertiary/aromatic N) is 1. The molecule has 1 heterocycles. The number of carbonyl (C=O) groups is 2. The summed E-state index contributed by atoms with van der Waals surface area (Å²) in [6, 6.07) is 6.54. The number of rotatable bonds is 3. The number of nitrogens with one attached hydrogen (secondary N) is 1. The molecule has 0 atom stereocenters. The molecule has 102 valence electrons. The van der Waals surface area contributed by atoms with Gasteiger partial charge in [-0.1, -0.05) is 12.1 Å². The third-order valence-electron chi connectivity index (χ3n) is 2.70. The van der Waals surface area contributed by atoms with E-state index in [4.69, 9.17) is 0 Å². The van der Waals surface area contributed by atoms with Gasteiger partial charge in [0.15, 0.2) is 0 Å². The van der Waals surface area contributed by atoms with Gasteiger partial charge in [-0.2, -0.15) is 0 Å². The maximum Gasteiger partial charge on any atom is 0.338 e. The highest BCUT2D eigenvalue weighted by molar-refractivity contribution is 9.10. The number of amides is 1. The first-order valence-electron chi connectivity index (χ1n) is 5.74. The first-order valence-corrected chi connectivity index (χ1v) is 6.53. The lowest BCUT2D eigenvalue weighted by Gasteiger charge is -2.10. The van der Waals surface area contributed by atoms with Crippen LogP contribution >= 0.6 is 15.9 Å². The summed E-state index contributed by atoms with van der Waals surface area (Å²) in [5.41, 5.74) is 1.28. The summed E-state index contributed by atoms with van der Waals surface area (Å²) < 4.78 is 0.674. The van der Waals surface area contributed by atoms with Crippen LogP contribution < -0.4 is 5.32 Å². The number of benzene rings is 1. The van der Waals surface area contributed by atoms with Crippen LogP contribution in [0.25, 0.3) is 0 Å². The van der Waals surface area contributed by atoms with Crippen molar-refractivity contribution in [2.45, 2.75) is 6.92 Å². The molecule has 1 aromatic carbocycles. The maximum absolute atomic E-state index is 12.1. The van der Waals surface area contributed by atoms with Crippen LogP contribution in [0.4, 0.5) is 5.69 Å². The van der Waals surface area contributed by atoms with Crippen molar-refractivity contribution >= 4 is 33.5 Å². The zero-order valence-electron chi connectivity index (χ0n) is 10.6. The molecule has 0 bridgehead atoms. The van der Waals surface area contributed by atoms with Crippen molar-refractivity contribution in [3.05, 3.63) is 57.8 Å². The molecule has 0 aliphatic rings. The smallest absolute Gasteiger partial charge is 0.338 e. The van der Waals surface area contributed by atoms with Crippen LogP contribution in [0.5, 0.6) is 0 Å². The molecule has 2 N–H and O–H groups in total. The van der Waals surface area contributed by atoms with Crippen molar-refractivity contribution in [1.82, 2.24) is 4.98 Å². The van der Waals surface area contributed by atoms with Gasteiger partial charge < -0.3 is 10.4 Å². The lowest BCUT2D eigenvalue weighted by Crippen LogP contribution is -2.15. The predicted molar refractivity (Wildman–Crippen MR) is 78.0 cm³/mol. The highest BCUT2D eigenvalue weighted by Crippen LogP contribution is 2.20. The summed E-state index contributed by atoms with van der Waals surface area (Å²) in [7, 11) is 0. The number of hydrogen-bond donors (Lipinski definition) is 2. The van der Waals surface area contributed by atoms with Gasteiger partial charge >= 0.3 is 5.97 Å². The molecule has 0 aliphatic carbocycles. The molecular weight excluding hydrogens is 324 g/mol. The number of pyridine rings is 1. The standard InChI is InChI=1S/C14H11BrN2O3/c1-8-3-2-4-11(12(8)14(19)20)17-13(18)9-5-10(15)7-16-6-9/h2-7H,1H3,(H,17,18)(H,19,20). The van der Waals surface area contributed by atoms with Gasteiger partial charge in [0.1, 0.15) is 0 Å². The molecule has 0 radical (unpaired) electrons. The van der Waals surface area contributed by atoms with Crippen LogP contribution in [-0.4, -0.2) is 22.0 Å². The fourth-order valence-corrected chi connectivity index (χ4v) is 2.15. The first-order chi connectivity index (χ1) is 9.49. The number of carbonyl (C=O) groups excluding carboxylic acids is 1. The summed E-state index contributed by atoms with van der Waals surface area (Å²) in [5, 5.41) is 11.8. The largest absolute Gasteiger partial charge is 0.478 e. The quantitative estimate of drug-likeness (QED) is 0.903. The molecule has 6 heteroatoms. The van der Waals surface area contributed by atoms with Gasteiger partial charge in [0.25, 0.3) is 5.91 Å². The zero-order chi connectivity index (χ0) is 14.7. The lowest BCUT2D eigenvalue weighted by atomic mass is 10.1. The summed E-state index contributed by atoms with van der Waals surface area (Å²) in [5.74, 6) is -1.49. The molecule has 1 aromatic heterocycles. The maximum atomic E-state index is 12.1. The zero-order valence-corrected chi connectivity index (χ0v) is 12.1. The number of aryl methyl sites for hydroxylation is 1. The Hall–Kier alpha value is -2.21. The molecule has 0 aliphatic heterocycles. The number of halogens is 1. The molecule has 1 amide bonds. The number of carboxylic acid groups (broad SMARTS) is 1. The molecule has 20 heavy (non-hydrogen) atoms. The fourth-order valence-electron chi connectivity index (χ4n) is 1.79. The van der Waals surface area contributed by atoms with E-state index in [1.807, 2.05) is 0 Å². The second-order valence-corrected chi connectivity index (χ2v) is 5.06. The molecule has 2 aromatic rings. The molecule has 0 spiro atoms. The van der Waals surface area contributed by atoms with E-state index in [-0.39, 0.29) is 11.3 Å². The van der Waals surface area contributed by atoms with Gasteiger partial charge in [0.2, 0.25) is 0 Å². The third kappa shape index (κ3) is 3.03. The van der Waals surface area contributed by atoms with E-state index in [9.17, 15) is 14.7 Å². The Bertz CT molecular complexity index is 686. The molecule has 2 rings (SSSR count). The topological polar surface area (TPSA) is 79.3 Å². The van der Waals surface area contributed by atoms with E-state index in [0.29, 0.717) is 15.6 Å². The van der Waals surface area contributed by atoms with Crippen LogP contribution in [0.15, 0.2) is 41.1 Å². The number of carboxylic acids is 1. The summed E-state index contributed by atoms with van der Waals surface area (Å²) in [6.07, 6.45) is 2.97. The molecule has 5 nitrogen and oxygen atoms in total. The molecule has 0 saturated carbocycles. The minimum Gasteiger partial charge on any atom is -0.478 e. The van der Waals surface area contributed by atoms with Gasteiger partial charge in [0, 0.05) is 16.9 Å². The lowest BCUT2D eigenvalue weighted by molar-refractivity contribution is 0.0697. The molecular formula is C14H11BrN2O3. The van der Waals surface area contributed by atoms with Crippen LogP contribution in [0.2, 0.25) is 0 Å². The van der Waals surface area contributed by atoms with E-state index in [1.54, 1.807) is 37.4 Å². The van der Waals surface area contributed by atoms with Crippen LogP contribution in [-0.2, 0) is 0 Å². The van der Waals surface area contributed by atoms with Gasteiger partial charge in [-0.25, -0.2) is 4.79 Å². The molecule has 0 saturated heterocycles. The van der Waals surface area contributed by atoms with Gasteiger partial charge in [0.05, 0.1) is 16.8 Å². The number of aromatic carboxylic acids is 1. The number of anilines is 1. The minimum absolute atomic E-state index is 0.0869. The van der Waals surface area contributed by atoms with Crippen molar-refractivity contribution in [2.75, 3.05) is 5.32 Å². The molecule has 0 unspecified atom stereocenters. The predicted octanol–water partition coefficient (Wildman–Crippen LogP) is 3.10. The van der Waals surface area contributed by atoms with Gasteiger partial charge in [-0.15, -0.1) is 0 Å². The van der Waals surface area contributed by atoms with Crippen LogP contribution in [0.1, 0.15) is 26.3 Å². The average Bonchev–Trinajstić information content (AvgIpc) is 2.38. The Morgan fingerprint density at radius 2 is 2.05 bits per heavy atom. The average molecular weight is 335 g/mol. The van der Waals surface area contributed by atoms with E-state index in [2.05, 4.69) is 26.2 Å². The normalized spacial score (nSPS) is 10.1. The number of hydrogen-bond acceptors (Lipinski definition) is 3. The Labute approximate surface area is 123 Å². The fraction of sp³-hybridized carbons (Fsp3) is 0.0714. The SMILES string of the molecule is Cc1cccc(NC(=O)c2cncc(Br)c2)c1C(=O)O. The van der Waals surface area contributed by atoms with E-state index in [0.717, 1.165) is 0 Å². The van der Waals surface area contributed by atoms with E-state index in [1.165, 1.54) is 6.20 Å². The first kappa shape index (κ1) is 14.2. The Balaban J connectivity index is 2.33. The Morgan fingerprint density at radius 1 is 1.30 bits per heavy atom. The second kappa shape index (κ2) is 5.83. The second-order valence-electron chi connectivity index (χ2n) is 4.15. The van der Waals surface area contributed by atoms with Crippen molar-refractivity contribution in [3.63, 3.8) is 0 Å². The highest BCUT2D eigenvalue weighted by Gasteiger charge is 2.15. The number of aromatic nitrogens is 1. The van der Waals surface area contributed by atoms with Crippen molar-refractivity contribution in [2.24, 2.45) is 0 Å². The highest BCUT2D eigenvalue weighted by atomic mass is 79.9. The summed E-state index contributed by atoms with van der Waals surface area (Å²) in [6.45, 7) is 1.68. The van der Waals surface area contributed by atoms with Gasteiger partial charge in [-0.3, -0.25) is 9.78 Å². The van der Waals surface area contributed by atoms with Crippen molar-refractivity contribution < 1.29 is 14.7 Å². The summed E-state index contributed by atoms with van der Waals surface area (Å²) >= 11 is 3.23. The molecule has 0 fully saturated rings. The Morgan fingerprint density at radius 3 is 2.70 bits per heavy atom. The van der Waals surface area contributed by atoms with E-state index < -0.39 is 11.9 Å². The van der Waals surface area contributed by atoms with Crippen LogP contribution in [0, 0.1) is 6.92 Å². The van der Waals surface area contributed by atoms with E-state index >= 15 is 0 Å².